The van der Waals surface area contributed by atoms with Gasteiger partial charge in [-0.1, -0.05) is 55.8 Å². The second-order valence-electron chi connectivity index (χ2n) is 8.31. The molecule has 9 heteroatoms. The maximum Gasteiger partial charge on any atom is 0.244 e. The van der Waals surface area contributed by atoms with Gasteiger partial charge in [0.15, 0.2) is 0 Å². The summed E-state index contributed by atoms with van der Waals surface area (Å²) in [5.74, 6) is -0.356. The third kappa shape index (κ3) is 8.58. The molecule has 2 rings (SSSR count). The van der Waals surface area contributed by atoms with E-state index in [0.29, 0.717) is 25.3 Å². The monoisotopic (exact) mass is 503 g/mol. The van der Waals surface area contributed by atoms with Gasteiger partial charge >= 0.3 is 0 Å². The Morgan fingerprint density at radius 3 is 2.31 bits per heavy atom. The highest BCUT2D eigenvalue weighted by molar-refractivity contribution is 7.92. The zero-order chi connectivity index (χ0) is 25.8. The first-order chi connectivity index (χ1) is 16.7. The SMILES string of the molecule is CCCCNC(=O)[C@@H](C)N(CCc1ccccc1)C(=O)CN(c1ccccc1OCC)S(C)(=O)=O. The highest BCUT2D eigenvalue weighted by atomic mass is 32.2. The lowest BCUT2D eigenvalue weighted by atomic mass is 10.1. The van der Waals surface area contributed by atoms with Crippen molar-refractivity contribution in [3.8, 4) is 5.75 Å². The van der Waals surface area contributed by atoms with Gasteiger partial charge in [-0.05, 0) is 44.4 Å². The van der Waals surface area contributed by atoms with E-state index >= 15 is 0 Å². The van der Waals surface area contributed by atoms with Crippen LogP contribution in [0.1, 0.15) is 39.2 Å². The molecule has 0 aliphatic rings. The average molecular weight is 504 g/mol. The summed E-state index contributed by atoms with van der Waals surface area (Å²) in [6, 6.07) is 15.6. The fraction of sp³-hybridized carbons (Fsp3) is 0.462. The van der Waals surface area contributed by atoms with E-state index in [1.807, 2.05) is 37.3 Å². The van der Waals surface area contributed by atoms with Crippen molar-refractivity contribution in [2.75, 3.05) is 36.8 Å². The minimum atomic E-state index is -3.81. The predicted octanol–water partition coefficient (Wildman–Crippen LogP) is 3.23. The molecule has 0 radical (unpaired) electrons. The van der Waals surface area contributed by atoms with Crippen molar-refractivity contribution >= 4 is 27.5 Å². The first kappa shape index (κ1) is 28.2. The third-order valence-electron chi connectivity index (χ3n) is 5.59. The molecule has 2 amide bonds. The predicted molar refractivity (Wildman–Crippen MR) is 139 cm³/mol. The first-order valence-corrected chi connectivity index (χ1v) is 13.8. The van der Waals surface area contributed by atoms with E-state index < -0.39 is 28.5 Å². The van der Waals surface area contributed by atoms with Crippen LogP contribution in [0.3, 0.4) is 0 Å². The third-order valence-corrected chi connectivity index (χ3v) is 6.72. The maximum atomic E-state index is 13.5. The molecule has 1 atom stereocenters. The van der Waals surface area contributed by atoms with Crippen molar-refractivity contribution in [2.45, 2.75) is 46.1 Å². The maximum absolute atomic E-state index is 13.5. The Morgan fingerprint density at radius 1 is 1.03 bits per heavy atom. The van der Waals surface area contributed by atoms with Gasteiger partial charge in [0.05, 0.1) is 18.6 Å². The Bertz CT molecular complexity index is 1060. The molecule has 0 heterocycles. The quantitative estimate of drug-likeness (QED) is 0.400. The smallest absolute Gasteiger partial charge is 0.244 e. The van der Waals surface area contributed by atoms with Gasteiger partial charge in [0.1, 0.15) is 18.3 Å². The van der Waals surface area contributed by atoms with Gasteiger partial charge in [-0.25, -0.2) is 8.42 Å². The van der Waals surface area contributed by atoms with Gasteiger partial charge < -0.3 is 15.0 Å². The molecule has 0 aliphatic carbocycles. The molecule has 0 saturated carbocycles. The van der Waals surface area contributed by atoms with Crippen molar-refractivity contribution in [3.05, 3.63) is 60.2 Å². The number of sulfonamides is 1. The summed E-state index contributed by atoms with van der Waals surface area (Å²) in [5, 5.41) is 2.87. The van der Waals surface area contributed by atoms with Gasteiger partial charge in [0.2, 0.25) is 21.8 Å². The number of anilines is 1. The number of amides is 2. The Balaban J connectivity index is 2.32. The van der Waals surface area contributed by atoms with Crippen molar-refractivity contribution in [1.29, 1.82) is 0 Å². The van der Waals surface area contributed by atoms with Gasteiger partial charge in [-0.3, -0.25) is 13.9 Å². The molecule has 2 aromatic rings. The molecule has 0 unspecified atom stereocenters. The first-order valence-electron chi connectivity index (χ1n) is 12.0. The van der Waals surface area contributed by atoms with Crippen LogP contribution >= 0.6 is 0 Å². The van der Waals surface area contributed by atoms with Crippen LogP contribution in [0.15, 0.2) is 54.6 Å². The number of hydrogen-bond acceptors (Lipinski definition) is 5. The number of nitrogens with zero attached hydrogens (tertiary/aromatic N) is 2. The number of unbranched alkanes of at least 4 members (excludes halogenated alkanes) is 1. The molecule has 0 aliphatic heterocycles. The molecule has 35 heavy (non-hydrogen) atoms. The number of carbonyl (C=O) groups excluding carboxylic acids is 2. The molecular weight excluding hydrogens is 466 g/mol. The summed E-state index contributed by atoms with van der Waals surface area (Å²) in [4.78, 5) is 27.8. The summed E-state index contributed by atoms with van der Waals surface area (Å²) in [6.45, 7) is 6.21. The van der Waals surface area contributed by atoms with E-state index in [0.717, 1.165) is 29.0 Å². The fourth-order valence-electron chi connectivity index (χ4n) is 3.64. The summed E-state index contributed by atoms with van der Waals surface area (Å²) in [5.41, 5.74) is 1.30. The fourth-order valence-corrected chi connectivity index (χ4v) is 4.49. The molecule has 2 aromatic carbocycles. The zero-order valence-corrected chi connectivity index (χ0v) is 21.9. The van der Waals surface area contributed by atoms with Crippen LogP contribution in [-0.2, 0) is 26.0 Å². The summed E-state index contributed by atoms with van der Waals surface area (Å²) < 4.78 is 32.1. The van der Waals surface area contributed by atoms with E-state index in [1.54, 1.807) is 38.1 Å². The lowest BCUT2D eigenvalue weighted by molar-refractivity contribution is -0.138. The molecule has 8 nitrogen and oxygen atoms in total. The summed E-state index contributed by atoms with van der Waals surface area (Å²) >= 11 is 0. The highest BCUT2D eigenvalue weighted by Gasteiger charge is 2.30. The van der Waals surface area contributed by atoms with Gasteiger partial charge in [-0.15, -0.1) is 0 Å². The second-order valence-corrected chi connectivity index (χ2v) is 10.2. The van der Waals surface area contributed by atoms with Crippen LogP contribution in [0, 0.1) is 0 Å². The molecule has 0 spiro atoms. The normalized spacial score (nSPS) is 12.0. The molecule has 0 aromatic heterocycles. The lowest BCUT2D eigenvalue weighted by Crippen LogP contribution is -2.52. The Morgan fingerprint density at radius 2 is 1.69 bits per heavy atom. The number of nitrogens with one attached hydrogen (secondary N) is 1. The van der Waals surface area contributed by atoms with E-state index in [-0.39, 0.29) is 18.1 Å². The van der Waals surface area contributed by atoms with Crippen molar-refractivity contribution in [3.63, 3.8) is 0 Å². The Labute approximate surface area is 209 Å². The van der Waals surface area contributed by atoms with Crippen LogP contribution in [-0.4, -0.2) is 63.7 Å². The van der Waals surface area contributed by atoms with Crippen LogP contribution in [0.2, 0.25) is 0 Å². The number of carbonyl (C=O) groups is 2. The molecule has 0 saturated heterocycles. The van der Waals surface area contributed by atoms with E-state index in [4.69, 9.17) is 4.74 Å². The minimum absolute atomic E-state index is 0.263. The zero-order valence-electron chi connectivity index (χ0n) is 21.1. The van der Waals surface area contributed by atoms with Crippen LogP contribution in [0.25, 0.3) is 0 Å². The lowest BCUT2D eigenvalue weighted by Gasteiger charge is -2.32. The standard InChI is InChI=1S/C26H37N3O5S/c1-5-7-18-27-26(31)21(3)28(19-17-22-13-9-8-10-14-22)25(30)20-29(35(4,32)33)23-15-11-12-16-24(23)34-6-2/h8-16,21H,5-7,17-20H2,1-4H3,(H,27,31)/t21-/m1/s1. The van der Waals surface area contributed by atoms with Crippen molar-refractivity contribution in [1.82, 2.24) is 10.2 Å². The van der Waals surface area contributed by atoms with Crippen molar-refractivity contribution in [2.24, 2.45) is 0 Å². The van der Waals surface area contributed by atoms with Crippen LogP contribution in [0.4, 0.5) is 5.69 Å². The van der Waals surface area contributed by atoms with Crippen LogP contribution < -0.4 is 14.4 Å². The molecule has 192 valence electrons. The van der Waals surface area contributed by atoms with Gasteiger partial charge in [0, 0.05) is 13.1 Å². The number of benzene rings is 2. The molecular formula is C26H37N3O5S. The number of ether oxygens (including phenoxy) is 1. The van der Waals surface area contributed by atoms with Crippen LogP contribution in [0.5, 0.6) is 5.75 Å². The van der Waals surface area contributed by atoms with Crippen molar-refractivity contribution < 1.29 is 22.7 Å². The van der Waals surface area contributed by atoms with E-state index in [2.05, 4.69) is 5.32 Å². The molecule has 0 bridgehead atoms. The van der Waals surface area contributed by atoms with Gasteiger partial charge in [0.25, 0.3) is 0 Å². The molecule has 0 fully saturated rings. The molecule has 1 N–H and O–H groups in total. The van der Waals surface area contributed by atoms with E-state index in [1.165, 1.54) is 4.90 Å². The second kappa shape index (κ2) is 13.7. The Hall–Kier alpha value is -3.07. The minimum Gasteiger partial charge on any atom is -0.492 e. The summed E-state index contributed by atoms with van der Waals surface area (Å²) in [6.07, 6.45) is 3.37. The number of hydrogen-bond donors (Lipinski definition) is 1. The summed E-state index contributed by atoms with van der Waals surface area (Å²) in [7, 11) is -3.81. The Kier molecular flexibility index (Phi) is 11.0. The van der Waals surface area contributed by atoms with Gasteiger partial charge in [-0.2, -0.15) is 0 Å². The topological polar surface area (TPSA) is 96.0 Å². The highest BCUT2D eigenvalue weighted by Crippen LogP contribution is 2.30. The number of para-hydroxylation sites is 2. The average Bonchev–Trinajstić information content (AvgIpc) is 2.83. The largest absolute Gasteiger partial charge is 0.492 e. The van der Waals surface area contributed by atoms with E-state index in [9.17, 15) is 18.0 Å². The number of rotatable bonds is 14.